The van der Waals surface area contributed by atoms with Gasteiger partial charge in [-0.25, -0.2) is 0 Å². The summed E-state index contributed by atoms with van der Waals surface area (Å²) in [5.41, 5.74) is 7.97. The molecule has 1 aliphatic rings. The third-order valence-corrected chi connectivity index (χ3v) is 4.20. The minimum atomic E-state index is 0.141. The van der Waals surface area contributed by atoms with Gasteiger partial charge in [0.1, 0.15) is 5.75 Å². The minimum Gasteiger partial charge on any atom is -0.489 e. The van der Waals surface area contributed by atoms with E-state index in [2.05, 4.69) is 19.2 Å². The minimum absolute atomic E-state index is 0.141. The number of ether oxygens (including phenoxy) is 1. The summed E-state index contributed by atoms with van der Waals surface area (Å²) in [6, 6.07) is 6.51. The maximum Gasteiger partial charge on any atom is 0.144 e. The molecule has 0 amide bonds. The molecule has 112 valence electrons. The summed E-state index contributed by atoms with van der Waals surface area (Å²) in [6.45, 7) is 8.71. The fourth-order valence-electron chi connectivity index (χ4n) is 3.11. The Morgan fingerprint density at radius 3 is 2.65 bits per heavy atom. The molecule has 3 unspecified atom stereocenters. The zero-order chi connectivity index (χ0) is 14.7. The van der Waals surface area contributed by atoms with Crippen LogP contribution in [0.3, 0.4) is 0 Å². The Morgan fingerprint density at radius 1 is 1.25 bits per heavy atom. The number of nitrogens with one attached hydrogen (secondary N) is 1. The van der Waals surface area contributed by atoms with E-state index in [-0.39, 0.29) is 6.10 Å². The van der Waals surface area contributed by atoms with E-state index >= 15 is 0 Å². The van der Waals surface area contributed by atoms with Crippen LogP contribution < -0.4 is 15.8 Å². The van der Waals surface area contributed by atoms with Crippen molar-refractivity contribution < 1.29 is 4.74 Å². The first-order valence-electron chi connectivity index (χ1n) is 7.79. The standard InChI is InChI=1S/C17H28N2O/c1-11(2)20-16-7-5-6-15(17(16)18)19-14-9-8-12(3)10-13(14)4/h5-7,11-14,19H,8-10,18H2,1-4H3. The Bertz CT molecular complexity index is 445. The van der Waals surface area contributed by atoms with Crippen molar-refractivity contribution in [3.05, 3.63) is 18.2 Å². The number of hydrogen-bond acceptors (Lipinski definition) is 3. The molecule has 3 atom stereocenters. The summed E-state index contributed by atoms with van der Waals surface area (Å²) in [7, 11) is 0. The largest absolute Gasteiger partial charge is 0.489 e. The van der Waals surface area contributed by atoms with E-state index in [9.17, 15) is 0 Å². The topological polar surface area (TPSA) is 47.3 Å². The molecule has 3 nitrogen and oxygen atoms in total. The quantitative estimate of drug-likeness (QED) is 0.806. The van der Waals surface area contributed by atoms with Gasteiger partial charge in [0.05, 0.1) is 17.5 Å². The highest BCUT2D eigenvalue weighted by Gasteiger charge is 2.25. The lowest BCUT2D eigenvalue weighted by molar-refractivity contribution is 0.244. The molecule has 0 spiro atoms. The molecule has 0 saturated heterocycles. The predicted octanol–water partition coefficient (Wildman–Crippen LogP) is 4.29. The fraction of sp³-hybridized carbons (Fsp3) is 0.647. The van der Waals surface area contributed by atoms with Crippen molar-refractivity contribution in [3.63, 3.8) is 0 Å². The van der Waals surface area contributed by atoms with Crippen molar-refractivity contribution >= 4 is 11.4 Å². The number of nitrogen functional groups attached to an aromatic ring is 1. The van der Waals surface area contributed by atoms with Crippen LogP contribution in [0.15, 0.2) is 18.2 Å². The van der Waals surface area contributed by atoms with Crippen molar-refractivity contribution in [3.8, 4) is 5.75 Å². The number of nitrogens with two attached hydrogens (primary N) is 1. The average Bonchev–Trinajstić information content (AvgIpc) is 2.36. The van der Waals surface area contributed by atoms with Crippen molar-refractivity contribution in [1.29, 1.82) is 0 Å². The van der Waals surface area contributed by atoms with E-state index < -0.39 is 0 Å². The molecule has 0 radical (unpaired) electrons. The summed E-state index contributed by atoms with van der Waals surface area (Å²) in [6.07, 6.45) is 3.95. The monoisotopic (exact) mass is 276 g/mol. The molecule has 2 rings (SSSR count). The number of para-hydroxylation sites is 1. The maximum absolute atomic E-state index is 6.23. The highest BCUT2D eigenvalue weighted by molar-refractivity contribution is 5.73. The van der Waals surface area contributed by atoms with Gasteiger partial charge in [-0.1, -0.05) is 19.9 Å². The van der Waals surface area contributed by atoms with E-state index in [4.69, 9.17) is 10.5 Å². The number of benzene rings is 1. The van der Waals surface area contributed by atoms with Crippen LogP contribution in [-0.4, -0.2) is 12.1 Å². The Hall–Kier alpha value is -1.38. The van der Waals surface area contributed by atoms with E-state index in [1.165, 1.54) is 19.3 Å². The SMILES string of the molecule is CC1CCC(Nc2cccc(OC(C)C)c2N)C(C)C1. The van der Waals surface area contributed by atoms with Gasteiger partial charge in [-0.15, -0.1) is 0 Å². The molecule has 0 aromatic heterocycles. The molecule has 1 aromatic carbocycles. The van der Waals surface area contributed by atoms with Crippen LogP contribution in [0.5, 0.6) is 5.75 Å². The maximum atomic E-state index is 6.23. The van der Waals surface area contributed by atoms with Crippen LogP contribution in [0.1, 0.15) is 47.0 Å². The molecule has 1 aliphatic carbocycles. The molecular formula is C17H28N2O. The van der Waals surface area contributed by atoms with Gasteiger partial charge in [0.15, 0.2) is 0 Å². The van der Waals surface area contributed by atoms with E-state index in [1.54, 1.807) is 0 Å². The van der Waals surface area contributed by atoms with Crippen LogP contribution in [-0.2, 0) is 0 Å². The molecule has 3 heteroatoms. The Morgan fingerprint density at radius 2 is 2.00 bits per heavy atom. The zero-order valence-electron chi connectivity index (χ0n) is 13.1. The second kappa shape index (κ2) is 6.38. The Kier molecular flexibility index (Phi) is 4.79. The number of rotatable bonds is 4. The van der Waals surface area contributed by atoms with Gasteiger partial charge in [0.2, 0.25) is 0 Å². The predicted molar refractivity (Wildman–Crippen MR) is 86.2 cm³/mol. The summed E-state index contributed by atoms with van der Waals surface area (Å²) in [4.78, 5) is 0. The van der Waals surface area contributed by atoms with Crippen molar-refractivity contribution in [2.75, 3.05) is 11.1 Å². The summed E-state index contributed by atoms with van der Waals surface area (Å²) >= 11 is 0. The van der Waals surface area contributed by atoms with Crippen LogP contribution in [0.4, 0.5) is 11.4 Å². The van der Waals surface area contributed by atoms with Gasteiger partial charge >= 0.3 is 0 Å². The number of hydrogen-bond donors (Lipinski definition) is 2. The molecule has 3 N–H and O–H groups in total. The third-order valence-electron chi connectivity index (χ3n) is 4.20. The lowest BCUT2D eigenvalue weighted by atomic mass is 9.80. The molecule has 20 heavy (non-hydrogen) atoms. The van der Waals surface area contributed by atoms with Gasteiger partial charge in [-0.3, -0.25) is 0 Å². The summed E-state index contributed by atoms with van der Waals surface area (Å²) < 4.78 is 5.75. The first-order chi connectivity index (χ1) is 9.47. The Balaban J connectivity index is 2.09. The fourth-order valence-corrected chi connectivity index (χ4v) is 3.11. The van der Waals surface area contributed by atoms with E-state index in [1.807, 2.05) is 32.0 Å². The molecule has 0 heterocycles. The molecule has 0 bridgehead atoms. The zero-order valence-corrected chi connectivity index (χ0v) is 13.1. The van der Waals surface area contributed by atoms with Gasteiger partial charge in [0.25, 0.3) is 0 Å². The van der Waals surface area contributed by atoms with Crippen molar-refractivity contribution in [2.24, 2.45) is 11.8 Å². The third kappa shape index (κ3) is 3.59. The van der Waals surface area contributed by atoms with Crippen LogP contribution in [0.25, 0.3) is 0 Å². The molecule has 1 saturated carbocycles. The van der Waals surface area contributed by atoms with Gasteiger partial charge in [0, 0.05) is 6.04 Å². The lowest BCUT2D eigenvalue weighted by Gasteiger charge is -2.34. The Labute approximate surface area is 122 Å². The van der Waals surface area contributed by atoms with Crippen LogP contribution in [0, 0.1) is 11.8 Å². The second-order valence-corrected chi connectivity index (χ2v) is 6.53. The first kappa shape index (κ1) is 15.0. The number of anilines is 2. The molecular weight excluding hydrogens is 248 g/mol. The van der Waals surface area contributed by atoms with Crippen LogP contribution >= 0.6 is 0 Å². The van der Waals surface area contributed by atoms with E-state index in [0.29, 0.717) is 12.0 Å². The van der Waals surface area contributed by atoms with Gasteiger partial charge in [-0.05, 0) is 57.1 Å². The van der Waals surface area contributed by atoms with Crippen molar-refractivity contribution in [2.45, 2.75) is 59.1 Å². The highest BCUT2D eigenvalue weighted by atomic mass is 16.5. The molecule has 1 fully saturated rings. The normalized spacial score (nSPS) is 26.6. The summed E-state index contributed by atoms with van der Waals surface area (Å²) in [5, 5.41) is 3.63. The highest BCUT2D eigenvalue weighted by Crippen LogP contribution is 2.35. The second-order valence-electron chi connectivity index (χ2n) is 6.53. The van der Waals surface area contributed by atoms with E-state index in [0.717, 1.165) is 23.0 Å². The first-order valence-corrected chi connectivity index (χ1v) is 7.79. The summed E-state index contributed by atoms with van der Waals surface area (Å²) in [5.74, 6) is 2.31. The van der Waals surface area contributed by atoms with Gasteiger partial charge < -0.3 is 15.8 Å². The smallest absolute Gasteiger partial charge is 0.144 e. The van der Waals surface area contributed by atoms with Crippen molar-refractivity contribution in [1.82, 2.24) is 0 Å². The molecule has 0 aliphatic heterocycles. The molecule has 1 aromatic rings. The van der Waals surface area contributed by atoms with Gasteiger partial charge in [-0.2, -0.15) is 0 Å². The average molecular weight is 276 g/mol. The lowest BCUT2D eigenvalue weighted by Crippen LogP contribution is -2.33. The van der Waals surface area contributed by atoms with Crippen LogP contribution in [0.2, 0.25) is 0 Å².